The SMILES string of the molecule is CC(C)(C)c1cc(CN)cc(C(C)(C)C)c1N=O. The number of nitrogens with two attached hydrogens (primary N) is 1. The van der Waals surface area contributed by atoms with Gasteiger partial charge >= 0.3 is 0 Å². The molecule has 18 heavy (non-hydrogen) atoms. The molecule has 100 valence electrons. The van der Waals surface area contributed by atoms with Crippen LogP contribution in [0.25, 0.3) is 0 Å². The molecule has 0 spiro atoms. The van der Waals surface area contributed by atoms with E-state index in [2.05, 4.69) is 46.7 Å². The van der Waals surface area contributed by atoms with Crippen LogP contribution in [-0.4, -0.2) is 0 Å². The van der Waals surface area contributed by atoms with Gasteiger partial charge in [-0.1, -0.05) is 53.7 Å². The van der Waals surface area contributed by atoms with Crippen LogP contribution in [0.4, 0.5) is 5.69 Å². The van der Waals surface area contributed by atoms with Gasteiger partial charge in [0.05, 0.1) is 0 Å². The Balaban J connectivity index is 3.66. The van der Waals surface area contributed by atoms with Crippen LogP contribution in [0.1, 0.15) is 58.2 Å². The van der Waals surface area contributed by atoms with Crippen molar-refractivity contribution in [1.82, 2.24) is 0 Å². The van der Waals surface area contributed by atoms with Gasteiger partial charge in [0, 0.05) is 6.54 Å². The highest BCUT2D eigenvalue weighted by molar-refractivity contribution is 5.59. The van der Waals surface area contributed by atoms with Crippen molar-refractivity contribution < 1.29 is 0 Å². The molecule has 0 radical (unpaired) electrons. The minimum absolute atomic E-state index is 0.117. The molecule has 0 aliphatic carbocycles. The van der Waals surface area contributed by atoms with Crippen molar-refractivity contribution in [3.63, 3.8) is 0 Å². The third kappa shape index (κ3) is 2.96. The molecule has 3 heteroatoms. The normalized spacial score (nSPS) is 12.6. The second kappa shape index (κ2) is 4.81. The summed E-state index contributed by atoms with van der Waals surface area (Å²) < 4.78 is 0. The molecule has 0 heterocycles. The first-order valence-electron chi connectivity index (χ1n) is 6.32. The summed E-state index contributed by atoms with van der Waals surface area (Å²) in [7, 11) is 0. The Morgan fingerprint density at radius 1 is 1.00 bits per heavy atom. The maximum atomic E-state index is 11.3. The Morgan fingerprint density at radius 2 is 1.39 bits per heavy atom. The fourth-order valence-corrected chi connectivity index (χ4v) is 2.05. The van der Waals surface area contributed by atoms with Crippen LogP contribution in [0.15, 0.2) is 17.3 Å². The molecule has 0 saturated heterocycles. The summed E-state index contributed by atoms with van der Waals surface area (Å²) in [6.07, 6.45) is 0. The fraction of sp³-hybridized carbons (Fsp3) is 0.600. The molecule has 0 unspecified atom stereocenters. The van der Waals surface area contributed by atoms with Crippen molar-refractivity contribution in [3.05, 3.63) is 33.7 Å². The van der Waals surface area contributed by atoms with Gasteiger partial charge in [-0.05, 0) is 32.7 Å². The van der Waals surface area contributed by atoms with E-state index in [4.69, 9.17) is 5.73 Å². The Bertz CT molecular complexity index is 416. The second-order valence-electron chi connectivity index (χ2n) is 6.83. The van der Waals surface area contributed by atoms with Crippen molar-refractivity contribution in [1.29, 1.82) is 0 Å². The number of hydrogen-bond donors (Lipinski definition) is 1. The molecule has 0 aromatic heterocycles. The van der Waals surface area contributed by atoms with Gasteiger partial charge in [-0.25, -0.2) is 0 Å². The zero-order chi connectivity index (χ0) is 14.1. The Labute approximate surface area is 110 Å². The molecule has 0 amide bonds. The van der Waals surface area contributed by atoms with Gasteiger partial charge in [0.1, 0.15) is 5.69 Å². The topological polar surface area (TPSA) is 55.4 Å². The average molecular weight is 248 g/mol. The Hall–Kier alpha value is -1.22. The van der Waals surface area contributed by atoms with Gasteiger partial charge in [0.2, 0.25) is 0 Å². The van der Waals surface area contributed by atoms with Crippen molar-refractivity contribution in [2.45, 2.75) is 58.9 Å². The zero-order valence-corrected chi connectivity index (χ0v) is 12.3. The molecule has 2 N–H and O–H groups in total. The van der Waals surface area contributed by atoms with Crippen molar-refractivity contribution >= 4 is 5.69 Å². The monoisotopic (exact) mass is 248 g/mol. The van der Waals surface area contributed by atoms with E-state index in [1.165, 1.54) is 0 Å². The number of nitroso groups, excluding NO2 is 1. The highest BCUT2D eigenvalue weighted by Crippen LogP contribution is 2.40. The minimum atomic E-state index is -0.117. The maximum absolute atomic E-state index is 11.3. The lowest BCUT2D eigenvalue weighted by Gasteiger charge is -2.27. The summed E-state index contributed by atoms with van der Waals surface area (Å²) in [5, 5.41) is 3.29. The maximum Gasteiger partial charge on any atom is 0.115 e. The molecule has 0 aliphatic heterocycles. The largest absolute Gasteiger partial charge is 0.326 e. The van der Waals surface area contributed by atoms with E-state index in [1.807, 2.05) is 12.1 Å². The first kappa shape index (κ1) is 14.8. The molecule has 0 saturated carbocycles. The van der Waals surface area contributed by atoms with Crippen molar-refractivity contribution in [3.8, 4) is 0 Å². The third-order valence-electron chi connectivity index (χ3n) is 3.11. The third-order valence-corrected chi connectivity index (χ3v) is 3.11. The summed E-state index contributed by atoms with van der Waals surface area (Å²) >= 11 is 0. The molecular weight excluding hydrogens is 224 g/mol. The second-order valence-corrected chi connectivity index (χ2v) is 6.83. The van der Waals surface area contributed by atoms with Crippen LogP contribution < -0.4 is 5.73 Å². The van der Waals surface area contributed by atoms with Crippen LogP contribution >= 0.6 is 0 Å². The van der Waals surface area contributed by atoms with E-state index in [1.54, 1.807) is 0 Å². The van der Waals surface area contributed by atoms with E-state index >= 15 is 0 Å². The van der Waals surface area contributed by atoms with Gasteiger partial charge in [0.25, 0.3) is 0 Å². The summed E-state index contributed by atoms with van der Waals surface area (Å²) in [4.78, 5) is 11.3. The summed E-state index contributed by atoms with van der Waals surface area (Å²) in [5.74, 6) is 0. The predicted octanol–water partition coefficient (Wildman–Crippen LogP) is 4.14. The molecule has 1 aromatic carbocycles. The summed E-state index contributed by atoms with van der Waals surface area (Å²) in [6, 6.07) is 4.01. The molecule has 1 aromatic rings. The van der Waals surface area contributed by atoms with Gasteiger partial charge < -0.3 is 5.73 Å². The lowest BCUT2D eigenvalue weighted by molar-refractivity contribution is 0.569. The number of nitrogens with zero attached hydrogens (tertiary/aromatic N) is 1. The van der Waals surface area contributed by atoms with Crippen LogP contribution in [0, 0.1) is 4.91 Å². The van der Waals surface area contributed by atoms with Crippen LogP contribution in [0.5, 0.6) is 0 Å². The van der Waals surface area contributed by atoms with Gasteiger partial charge in [-0.15, -0.1) is 4.91 Å². The number of hydrogen-bond acceptors (Lipinski definition) is 3. The van der Waals surface area contributed by atoms with Crippen molar-refractivity contribution in [2.24, 2.45) is 10.9 Å². The van der Waals surface area contributed by atoms with Crippen molar-refractivity contribution in [2.75, 3.05) is 0 Å². The first-order valence-corrected chi connectivity index (χ1v) is 6.32. The average Bonchev–Trinajstić information content (AvgIpc) is 2.24. The van der Waals surface area contributed by atoms with E-state index in [0.29, 0.717) is 12.2 Å². The summed E-state index contributed by atoms with van der Waals surface area (Å²) in [5.41, 5.74) is 9.11. The van der Waals surface area contributed by atoms with Gasteiger partial charge in [-0.2, -0.15) is 0 Å². The van der Waals surface area contributed by atoms with E-state index in [-0.39, 0.29) is 10.8 Å². The first-order chi connectivity index (χ1) is 8.11. The molecule has 0 aliphatic rings. The van der Waals surface area contributed by atoms with Crippen LogP contribution in [0.2, 0.25) is 0 Å². The van der Waals surface area contributed by atoms with E-state index < -0.39 is 0 Å². The van der Waals surface area contributed by atoms with E-state index in [0.717, 1.165) is 16.7 Å². The molecule has 0 fully saturated rings. The van der Waals surface area contributed by atoms with Gasteiger partial charge in [0.15, 0.2) is 0 Å². The molecule has 3 nitrogen and oxygen atoms in total. The summed E-state index contributed by atoms with van der Waals surface area (Å²) in [6.45, 7) is 13.0. The fourth-order valence-electron chi connectivity index (χ4n) is 2.05. The smallest absolute Gasteiger partial charge is 0.115 e. The lowest BCUT2D eigenvalue weighted by Crippen LogP contribution is -2.18. The standard InChI is InChI=1S/C15H24N2O/c1-14(2,3)11-7-10(9-16)8-12(13(11)17-18)15(4,5)6/h7-8H,9,16H2,1-6H3. The van der Waals surface area contributed by atoms with E-state index in [9.17, 15) is 4.91 Å². The molecule has 1 rings (SSSR count). The quantitative estimate of drug-likeness (QED) is 0.800. The highest BCUT2D eigenvalue weighted by atomic mass is 16.3. The lowest BCUT2D eigenvalue weighted by atomic mass is 9.78. The molecular formula is C15H24N2O. The number of rotatable bonds is 2. The predicted molar refractivity (Wildman–Crippen MR) is 77.2 cm³/mol. The molecule has 0 bridgehead atoms. The zero-order valence-electron chi connectivity index (χ0n) is 12.3. The Kier molecular flexibility index (Phi) is 3.96. The van der Waals surface area contributed by atoms with Crippen LogP contribution in [0.3, 0.4) is 0 Å². The van der Waals surface area contributed by atoms with Gasteiger partial charge in [-0.3, -0.25) is 0 Å². The van der Waals surface area contributed by atoms with Crippen LogP contribution in [-0.2, 0) is 17.4 Å². The highest BCUT2D eigenvalue weighted by Gasteiger charge is 2.27. The Morgan fingerprint density at radius 3 is 1.61 bits per heavy atom. The minimum Gasteiger partial charge on any atom is -0.326 e. The number of benzene rings is 1. The molecule has 0 atom stereocenters.